The SMILES string of the molecule is CNc1ncc(-c2ccc(C(C)C)cc2OC)o1. The zero-order valence-electron chi connectivity index (χ0n) is 11.2. The highest BCUT2D eigenvalue weighted by molar-refractivity contribution is 5.66. The van der Waals surface area contributed by atoms with Crippen LogP contribution in [0.5, 0.6) is 5.75 Å². The van der Waals surface area contributed by atoms with Crippen LogP contribution in [-0.2, 0) is 0 Å². The van der Waals surface area contributed by atoms with E-state index in [-0.39, 0.29) is 0 Å². The summed E-state index contributed by atoms with van der Waals surface area (Å²) < 4.78 is 11.0. The van der Waals surface area contributed by atoms with Crippen molar-refractivity contribution in [3.8, 4) is 17.1 Å². The zero-order chi connectivity index (χ0) is 13.1. The van der Waals surface area contributed by atoms with E-state index in [0.29, 0.717) is 17.7 Å². The van der Waals surface area contributed by atoms with Gasteiger partial charge in [-0.25, -0.2) is 4.98 Å². The number of nitrogens with zero attached hydrogens (tertiary/aromatic N) is 1. The maximum atomic E-state index is 5.56. The highest BCUT2D eigenvalue weighted by Crippen LogP contribution is 2.33. The van der Waals surface area contributed by atoms with Gasteiger partial charge in [0.1, 0.15) is 5.75 Å². The Morgan fingerprint density at radius 1 is 1.33 bits per heavy atom. The summed E-state index contributed by atoms with van der Waals surface area (Å²) in [5.41, 5.74) is 2.15. The molecule has 0 radical (unpaired) electrons. The van der Waals surface area contributed by atoms with Crippen LogP contribution in [0.15, 0.2) is 28.8 Å². The van der Waals surface area contributed by atoms with Gasteiger partial charge in [-0.2, -0.15) is 0 Å². The lowest BCUT2D eigenvalue weighted by atomic mass is 10.0. The van der Waals surface area contributed by atoms with E-state index in [1.54, 1.807) is 20.4 Å². The summed E-state index contributed by atoms with van der Waals surface area (Å²) in [6.07, 6.45) is 1.69. The second kappa shape index (κ2) is 5.12. The van der Waals surface area contributed by atoms with E-state index in [4.69, 9.17) is 9.15 Å². The molecule has 18 heavy (non-hydrogen) atoms. The smallest absolute Gasteiger partial charge is 0.294 e. The number of rotatable bonds is 4. The van der Waals surface area contributed by atoms with Crippen molar-refractivity contribution in [1.82, 2.24) is 4.98 Å². The van der Waals surface area contributed by atoms with E-state index in [9.17, 15) is 0 Å². The lowest BCUT2D eigenvalue weighted by Gasteiger charge is -2.10. The third kappa shape index (κ3) is 2.32. The number of aromatic nitrogens is 1. The lowest BCUT2D eigenvalue weighted by molar-refractivity contribution is 0.414. The first-order chi connectivity index (χ1) is 8.65. The molecule has 4 nitrogen and oxygen atoms in total. The number of methoxy groups -OCH3 is 1. The van der Waals surface area contributed by atoms with Gasteiger partial charge in [-0.3, -0.25) is 0 Å². The molecule has 1 aromatic heterocycles. The molecular formula is C14H18N2O2. The predicted molar refractivity (Wildman–Crippen MR) is 72.1 cm³/mol. The molecule has 0 bridgehead atoms. The number of oxazole rings is 1. The highest BCUT2D eigenvalue weighted by Gasteiger charge is 2.12. The topological polar surface area (TPSA) is 47.3 Å². The first-order valence-electron chi connectivity index (χ1n) is 5.97. The summed E-state index contributed by atoms with van der Waals surface area (Å²) in [6, 6.07) is 6.64. The Hall–Kier alpha value is -1.97. The molecule has 0 fully saturated rings. The summed E-state index contributed by atoms with van der Waals surface area (Å²) in [4.78, 5) is 4.11. The van der Waals surface area contributed by atoms with E-state index in [0.717, 1.165) is 11.3 Å². The van der Waals surface area contributed by atoms with Gasteiger partial charge in [0.05, 0.1) is 18.9 Å². The van der Waals surface area contributed by atoms with Gasteiger partial charge < -0.3 is 14.5 Å². The summed E-state index contributed by atoms with van der Waals surface area (Å²) >= 11 is 0. The predicted octanol–water partition coefficient (Wildman–Crippen LogP) is 3.52. The molecule has 0 aliphatic heterocycles. The van der Waals surface area contributed by atoms with Crippen molar-refractivity contribution in [2.45, 2.75) is 19.8 Å². The largest absolute Gasteiger partial charge is 0.496 e. The van der Waals surface area contributed by atoms with Crippen LogP contribution in [0.1, 0.15) is 25.3 Å². The van der Waals surface area contributed by atoms with Crippen molar-refractivity contribution in [2.75, 3.05) is 19.5 Å². The first kappa shape index (κ1) is 12.5. The van der Waals surface area contributed by atoms with Gasteiger partial charge in [-0.05, 0) is 23.6 Å². The normalized spacial score (nSPS) is 10.7. The van der Waals surface area contributed by atoms with Crippen molar-refractivity contribution < 1.29 is 9.15 Å². The van der Waals surface area contributed by atoms with Crippen LogP contribution in [0.2, 0.25) is 0 Å². The Kier molecular flexibility index (Phi) is 3.55. The number of hydrogen-bond donors (Lipinski definition) is 1. The van der Waals surface area contributed by atoms with E-state index < -0.39 is 0 Å². The van der Waals surface area contributed by atoms with Gasteiger partial charge in [0, 0.05) is 7.05 Å². The maximum Gasteiger partial charge on any atom is 0.294 e. The summed E-state index contributed by atoms with van der Waals surface area (Å²) in [5.74, 6) is 1.97. The minimum Gasteiger partial charge on any atom is -0.496 e. The molecular weight excluding hydrogens is 228 g/mol. The van der Waals surface area contributed by atoms with Gasteiger partial charge >= 0.3 is 0 Å². The molecule has 0 aliphatic rings. The fourth-order valence-electron chi connectivity index (χ4n) is 1.78. The van der Waals surface area contributed by atoms with E-state index >= 15 is 0 Å². The fraction of sp³-hybridized carbons (Fsp3) is 0.357. The number of benzene rings is 1. The van der Waals surface area contributed by atoms with Gasteiger partial charge in [-0.15, -0.1) is 0 Å². The Morgan fingerprint density at radius 2 is 2.11 bits per heavy atom. The molecule has 0 saturated carbocycles. The van der Waals surface area contributed by atoms with E-state index in [1.165, 1.54) is 5.56 Å². The standard InChI is InChI=1S/C14H18N2O2/c1-9(2)10-5-6-11(12(7-10)17-4)13-8-16-14(15-3)18-13/h5-9H,1-4H3,(H,15,16). The molecule has 0 amide bonds. The number of anilines is 1. The number of ether oxygens (including phenoxy) is 1. The first-order valence-corrected chi connectivity index (χ1v) is 5.97. The molecule has 2 aromatic rings. The molecule has 0 atom stereocenters. The highest BCUT2D eigenvalue weighted by atomic mass is 16.5. The van der Waals surface area contributed by atoms with Crippen LogP contribution in [0.3, 0.4) is 0 Å². The molecule has 1 aromatic carbocycles. The van der Waals surface area contributed by atoms with Gasteiger partial charge in [0.25, 0.3) is 6.01 Å². The van der Waals surface area contributed by atoms with Crippen molar-refractivity contribution in [2.24, 2.45) is 0 Å². The van der Waals surface area contributed by atoms with E-state index in [1.807, 2.05) is 12.1 Å². The van der Waals surface area contributed by atoms with Gasteiger partial charge in [0.2, 0.25) is 0 Å². The van der Waals surface area contributed by atoms with Crippen molar-refractivity contribution >= 4 is 6.01 Å². The van der Waals surface area contributed by atoms with Crippen molar-refractivity contribution in [3.05, 3.63) is 30.0 Å². The van der Waals surface area contributed by atoms with Crippen LogP contribution in [-0.4, -0.2) is 19.1 Å². The fourth-order valence-corrected chi connectivity index (χ4v) is 1.78. The average molecular weight is 246 g/mol. The van der Waals surface area contributed by atoms with Crippen LogP contribution >= 0.6 is 0 Å². The Labute approximate surface area is 107 Å². The summed E-state index contributed by atoms with van der Waals surface area (Å²) in [6.45, 7) is 4.31. The average Bonchev–Trinajstić information content (AvgIpc) is 2.86. The maximum absolute atomic E-state index is 5.56. The molecule has 4 heteroatoms. The second-order valence-electron chi connectivity index (χ2n) is 4.39. The van der Waals surface area contributed by atoms with Gasteiger partial charge in [-0.1, -0.05) is 19.9 Å². The van der Waals surface area contributed by atoms with Crippen LogP contribution in [0, 0.1) is 0 Å². The molecule has 1 heterocycles. The third-order valence-electron chi connectivity index (χ3n) is 2.88. The third-order valence-corrected chi connectivity index (χ3v) is 2.88. The molecule has 0 spiro atoms. The van der Waals surface area contributed by atoms with Crippen LogP contribution in [0.25, 0.3) is 11.3 Å². The number of hydrogen-bond acceptors (Lipinski definition) is 4. The minimum absolute atomic E-state index is 0.468. The Balaban J connectivity index is 2.44. The molecule has 2 rings (SSSR count). The molecule has 1 N–H and O–H groups in total. The van der Waals surface area contributed by atoms with Crippen LogP contribution < -0.4 is 10.1 Å². The number of nitrogens with one attached hydrogen (secondary N) is 1. The second-order valence-corrected chi connectivity index (χ2v) is 4.39. The monoisotopic (exact) mass is 246 g/mol. The Morgan fingerprint density at radius 3 is 2.67 bits per heavy atom. The zero-order valence-corrected chi connectivity index (χ0v) is 11.2. The molecule has 0 unspecified atom stereocenters. The summed E-state index contributed by atoms with van der Waals surface area (Å²) in [7, 11) is 3.44. The van der Waals surface area contributed by atoms with E-state index in [2.05, 4.69) is 30.2 Å². The molecule has 0 saturated heterocycles. The van der Waals surface area contributed by atoms with Crippen molar-refractivity contribution in [3.63, 3.8) is 0 Å². The lowest BCUT2D eigenvalue weighted by Crippen LogP contribution is -1.92. The molecule has 0 aliphatic carbocycles. The quantitative estimate of drug-likeness (QED) is 0.896. The minimum atomic E-state index is 0.468. The van der Waals surface area contributed by atoms with Crippen molar-refractivity contribution in [1.29, 1.82) is 0 Å². The summed E-state index contributed by atoms with van der Waals surface area (Å²) in [5, 5.41) is 2.87. The van der Waals surface area contributed by atoms with Gasteiger partial charge in [0.15, 0.2) is 5.76 Å². The Bertz CT molecular complexity index is 532. The molecule has 96 valence electrons. The van der Waals surface area contributed by atoms with Crippen LogP contribution in [0.4, 0.5) is 6.01 Å².